The third-order valence-electron chi connectivity index (χ3n) is 2.74. The van der Waals surface area contributed by atoms with Crippen molar-refractivity contribution in [3.05, 3.63) is 42.2 Å². The van der Waals surface area contributed by atoms with Crippen LogP contribution >= 0.6 is 0 Å². The highest BCUT2D eigenvalue weighted by molar-refractivity contribution is 6.10. The SMILES string of the molecule is COc1ccc(C(C(N)=O)C(=O)Nc2ncc[nH]2)cc1. The summed E-state index contributed by atoms with van der Waals surface area (Å²) in [6.07, 6.45) is 3.05. The van der Waals surface area contributed by atoms with Crippen molar-refractivity contribution in [2.75, 3.05) is 12.4 Å². The quantitative estimate of drug-likeness (QED) is 0.694. The number of rotatable bonds is 5. The molecule has 0 aliphatic rings. The third-order valence-corrected chi connectivity index (χ3v) is 2.74. The predicted molar refractivity (Wildman–Crippen MR) is 72.1 cm³/mol. The van der Waals surface area contributed by atoms with Gasteiger partial charge in [-0.1, -0.05) is 12.1 Å². The van der Waals surface area contributed by atoms with E-state index in [2.05, 4.69) is 15.3 Å². The van der Waals surface area contributed by atoms with Crippen LogP contribution in [0, 0.1) is 0 Å². The first kappa shape index (κ1) is 13.6. The van der Waals surface area contributed by atoms with Crippen molar-refractivity contribution in [1.82, 2.24) is 9.97 Å². The molecule has 7 nitrogen and oxygen atoms in total. The molecule has 20 heavy (non-hydrogen) atoms. The minimum atomic E-state index is -1.09. The molecule has 0 spiro atoms. The highest BCUT2D eigenvalue weighted by atomic mass is 16.5. The number of nitrogens with two attached hydrogens (primary N) is 1. The lowest BCUT2D eigenvalue weighted by Gasteiger charge is -2.13. The van der Waals surface area contributed by atoms with Gasteiger partial charge in [0.2, 0.25) is 17.8 Å². The molecule has 1 unspecified atom stereocenters. The number of carbonyl (C=O) groups is 2. The summed E-state index contributed by atoms with van der Waals surface area (Å²) in [5.74, 6) is -1.49. The molecule has 0 aliphatic carbocycles. The molecular formula is C13H14N4O3. The second-order valence-corrected chi connectivity index (χ2v) is 4.04. The Morgan fingerprint density at radius 3 is 2.55 bits per heavy atom. The number of ether oxygens (including phenoxy) is 1. The van der Waals surface area contributed by atoms with E-state index < -0.39 is 17.7 Å². The van der Waals surface area contributed by atoms with Gasteiger partial charge in [0.1, 0.15) is 11.7 Å². The molecule has 1 heterocycles. The number of anilines is 1. The Kier molecular flexibility index (Phi) is 3.99. The van der Waals surface area contributed by atoms with Crippen molar-refractivity contribution < 1.29 is 14.3 Å². The van der Waals surface area contributed by atoms with Gasteiger partial charge in [-0.15, -0.1) is 0 Å². The molecule has 2 rings (SSSR count). The van der Waals surface area contributed by atoms with E-state index in [1.165, 1.54) is 13.3 Å². The normalized spacial score (nSPS) is 11.7. The second kappa shape index (κ2) is 5.87. The minimum Gasteiger partial charge on any atom is -0.497 e. The third kappa shape index (κ3) is 2.94. The molecule has 0 aliphatic heterocycles. The molecule has 0 radical (unpaired) electrons. The molecule has 0 saturated heterocycles. The highest BCUT2D eigenvalue weighted by Crippen LogP contribution is 2.20. The summed E-state index contributed by atoms with van der Waals surface area (Å²) in [6, 6.07) is 6.56. The number of carbonyl (C=O) groups excluding carboxylic acids is 2. The van der Waals surface area contributed by atoms with Crippen molar-refractivity contribution in [3.63, 3.8) is 0 Å². The molecule has 1 aromatic heterocycles. The topological polar surface area (TPSA) is 110 Å². The van der Waals surface area contributed by atoms with Crippen LogP contribution in [-0.2, 0) is 9.59 Å². The van der Waals surface area contributed by atoms with E-state index in [9.17, 15) is 9.59 Å². The summed E-state index contributed by atoms with van der Waals surface area (Å²) in [4.78, 5) is 30.2. The zero-order valence-corrected chi connectivity index (χ0v) is 10.8. The van der Waals surface area contributed by atoms with Crippen molar-refractivity contribution >= 4 is 17.8 Å². The van der Waals surface area contributed by atoms with E-state index in [1.807, 2.05) is 0 Å². The Bertz CT molecular complexity index is 593. The number of amides is 2. The van der Waals surface area contributed by atoms with Gasteiger partial charge in [0.25, 0.3) is 0 Å². The van der Waals surface area contributed by atoms with Gasteiger partial charge in [0, 0.05) is 12.4 Å². The first-order valence-corrected chi connectivity index (χ1v) is 5.85. The summed E-state index contributed by atoms with van der Waals surface area (Å²) >= 11 is 0. The molecule has 2 amide bonds. The molecule has 0 bridgehead atoms. The monoisotopic (exact) mass is 274 g/mol. The maximum atomic E-state index is 12.1. The fraction of sp³-hybridized carbons (Fsp3) is 0.154. The van der Waals surface area contributed by atoms with Gasteiger partial charge in [-0.05, 0) is 17.7 Å². The average molecular weight is 274 g/mol. The summed E-state index contributed by atoms with van der Waals surface area (Å²) in [6.45, 7) is 0. The largest absolute Gasteiger partial charge is 0.497 e. The number of methoxy groups -OCH3 is 1. The van der Waals surface area contributed by atoms with E-state index >= 15 is 0 Å². The fourth-order valence-corrected chi connectivity index (χ4v) is 1.76. The highest BCUT2D eigenvalue weighted by Gasteiger charge is 2.27. The minimum absolute atomic E-state index is 0.259. The molecular weight excluding hydrogens is 260 g/mol. The number of nitrogens with zero attached hydrogens (tertiary/aromatic N) is 1. The van der Waals surface area contributed by atoms with Crippen LogP contribution in [0.5, 0.6) is 5.75 Å². The first-order valence-electron chi connectivity index (χ1n) is 5.85. The van der Waals surface area contributed by atoms with E-state index in [-0.39, 0.29) is 5.95 Å². The fourth-order valence-electron chi connectivity index (χ4n) is 1.76. The molecule has 7 heteroatoms. The number of aromatic nitrogens is 2. The number of hydrogen-bond donors (Lipinski definition) is 3. The second-order valence-electron chi connectivity index (χ2n) is 4.04. The maximum absolute atomic E-state index is 12.1. The summed E-state index contributed by atoms with van der Waals surface area (Å²) in [5, 5.41) is 2.49. The van der Waals surface area contributed by atoms with Gasteiger partial charge in [-0.25, -0.2) is 4.98 Å². The van der Waals surface area contributed by atoms with Crippen LogP contribution in [0.3, 0.4) is 0 Å². The van der Waals surface area contributed by atoms with Crippen molar-refractivity contribution in [2.24, 2.45) is 5.73 Å². The van der Waals surface area contributed by atoms with Gasteiger partial charge in [0.05, 0.1) is 7.11 Å². The zero-order chi connectivity index (χ0) is 14.5. The molecule has 0 fully saturated rings. The summed E-state index contributed by atoms with van der Waals surface area (Å²) < 4.78 is 5.02. The Labute approximate surface area is 115 Å². The lowest BCUT2D eigenvalue weighted by atomic mass is 9.97. The van der Waals surface area contributed by atoms with Crippen LogP contribution in [0.15, 0.2) is 36.7 Å². The van der Waals surface area contributed by atoms with Crippen LogP contribution in [0.2, 0.25) is 0 Å². The number of imidazole rings is 1. The van der Waals surface area contributed by atoms with Crippen LogP contribution in [0.25, 0.3) is 0 Å². The summed E-state index contributed by atoms with van der Waals surface area (Å²) in [5.41, 5.74) is 5.80. The Morgan fingerprint density at radius 2 is 2.05 bits per heavy atom. The van der Waals surface area contributed by atoms with Crippen LogP contribution in [0.4, 0.5) is 5.95 Å². The molecule has 0 saturated carbocycles. The van der Waals surface area contributed by atoms with E-state index in [0.29, 0.717) is 11.3 Å². The Balaban J connectivity index is 2.21. The van der Waals surface area contributed by atoms with Crippen LogP contribution in [-0.4, -0.2) is 28.9 Å². The number of nitrogens with one attached hydrogen (secondary N) is 2. The van der Waals surface area contributed by atoms with Crippen LogP contribution < -0.4 is 15.8 Å². The number of aromatic amines is 1. The van der Waals surface area contributed by atoms with Crippen molar-refractivity contribution in [2.45, 2.75) is 5.92 Å². The van der Waals surface area contributed by atoms with Gasteiger partial charge in [-0.2, -0.15) is 0 Å². The number of benzene rings is 1. The molecule has 2 aromatic rings. The van der Waals surface area contributed by atoms with Crippen molar-refractivity contribution in [3.8, 4) is 5.75 Å². The standard InChI is InChI=1S/C13H14N4O3/c1-20-9-4-2-8(3-5-9)10(11(14)18)12(19)17-13-15-6-7-16-13/h2-7,10H,1H3,(H2,14,18)(H2,15,16,17,19). The van der Waals surface area contributed by atoms with Gasteiger partial charge in [0.15, 0.2) is 0 Å². The molecule has 104 valence electrons. The molecule has 4 N–H and O–H groups in total. The van der Waals surface area contributed by atoms with E-state index in [1.54, 1.807) is 30.5 Å². The average Bonchev–Trinajstić information content (AvgIpc) is 2.92. The van der Waals surface area contributed by atoms with Crippen LogP contribution in [0.1, 0.15) is 11.5 Å². The lowest BCUT2D eigenvalue weighted by Crippen LogP contribution is -2.32. The zero-order valence-electron chi connectivity index (χ0n) is 10.8. The predicted octanol–water partition coefficient (Wildman–Crippen LogP) is 0.626. The number of H-pyrrole nitrogens is 1. The Hall–Kier alpha value is -2.83. The van der Waals surface area contributed by atoms with Gasteiger partial charge in [-0.3, -0.25) is 14.9 Å². The van der Waals surface area contributed by atoms with Gasteiger partial charge >= 0.3 is 0 Å². The molecule has 1 atom stereocenters. The van der Waals surface area contributed by atoms with E-state index in [0.717, 1.165) is 0 Å². The number of primary amides is 1. The maximum Gasteiger partial charge on any atom is 0.243 e. The van der Waals surface area contributed by atoms with Crippen molar-refractivity contribution in [1.29, 1.82) is 0 Å². The van der Waals surface area contributed by atoms with Gasteiger partial charge < -0.3 is 15.5 Å². The Morgan fingerprint density at radius 1 is 1.35 bits per heavy atom. The molecule has 1 aromatic carbocycles. The number of hydrogen-bond acceptors (Lipinski definition) is 4. The lowest BCUT2D eigenvalue weighted by molar-refractivity contribution is -0.127. The summed E-state index contributed by atoms with van der Waals surface area (Å²) in [7, 11) is 1.53. The smallest absolute Gasteiger partial charge is 0.243 e. The van der Waals surface area contributed by atoms with E-state index in [4.69, 9.17) is 10.5 Å². The first-order chi connectivity index (χ1) is 9.61.